The van der Waals surface area contributed by atoms with E-state index in [0.29, 0.717) is 22.2 Å². The van der Waals surface area contributed by atoms with E-state index in [0.717, 1.165) is 33.2 Å². The number of halogens is 6. The molecule has 4 aromatic rings. The van der Waals surface area contributed by atoms with Crippen LogP contribution in [-0.2, 0) is 30.8 Å². The topological polar surface area (TPSA) is 132 Å². The first-order valence-electron chi connectivity index (χ1n) is 18.3. The Morgan fingerprint density at radius 2 is 1.66 bits per heavy atom. The summed E-state index contributed by atoms with van der Waals surface area (Å²) in [4.78, 5) is 62.7. The summed E-state index contributed by atoms with van der Waals surface area (Å²) in [5.74, 6) is -9.57. The van der Waals surface area contributed by atoms with Crippen molar-refractivity contribution in [3.8, 4) is 11.5 Å². The van der Waals surface area contributed by atoms with Gasteiger partial charge in [0.2, 0.25) is 0 Å². The second-order valence-electron chi connectivity index (χ2n) is 14.5. The van der Waals surface area contributed by atoms with E-state index in [1.165, 1.54) is 19.2 Å². The summed E-state index contributed by atoms with van der Waals surface area (Å²) in [6, 6.07) is 17.8. The lowest BCUT2D eigenvalue weighted by Crippen LogP contribution is -2.53. The van der Waals surface area contributed by atoms with Gasteiger partial charge in [-0.3, -0.25) is 29.6 Å². The number of amides is 4. The molecular weight excluding hydrogens is 805 g/mol. The van der Waals surface area contributed by atoms with E-state index in [2.05, 4.69) is 10.4 Å². The second kappa shape index (κ2) is 14.3. The van der Waals surface area contributed by atoms with Gasteiger partial charge in [-0.25, -0.2) is 9.37 Å². The number of nitrogens with zero attached hydrogens (tertiary/aromatic N) is 4. The number of pyridine rings is 1. The third-order valence-electron chi connectivity index (χ3n) is 11.6. The number of carbonyl (C=O) groups is 4. The lowest BCUT2D eigenvalue weighted by atomic mass is 9.49. The highest BCUT2D eigenvalue weighted by atomic mass is 35.5. The minimum Gasteiger partial charge on any atom is -0.504 e. The maximum atomic E-state index is 15.3. The number of ether oxygens (including phenoxy) is 1. The smallest absolute Gasteiger partial charge is 0.433 e. The van der Waals surface area contributed by atoms with Crippen molar-refractivity contribution in [1.82, 2.24) is 15.0 Å². The van der Waals surface area contributed by atoms with E-state index in [1.807, 2.05) is 0 Å². The minimum atomic E-state index is -4.85. The van der Waals surface area contributed by atoms with Gasteiger partial charge in [-0.2, -0.15) is 23.2 Å². The van der Waals surface area contributed by atoms with E-state index >= 15 is 4.79 Å². The van der Waals surface area contributed by atoms with Gasteiger partial charge in [0.1, 0.15) is 11.5 Å². The molecule has 2 aliphatic heterocycles. The highest BCUT2D eigenvalue weighted by Crippen LogP contribution is 2.65. The molecule has 6 unspecified atom stereocenters. The van der Waals surface area contributed by atoms with Crippen molar-refractivity contribution in [2.45, 2.75) is 37.3 Å². The summed E-state index contributed by atoms with van der Waals surface area (Å²) >= 11 is 12.6. The van der Waals surface area contributed by atoms with Gasteiger partial charge in [-0.05, 0) is 85.8 Å². The van der Waals surface area contributed by atoms with Gasteiger partial charge in [-0.1, -0.05) is 59.1 Å². The maximum Gasteiger partial charge on any atom is 0.433 e. The molecule has 4 aliphatic rings. The van der Waals surface area contributed by atoms with E-state index in [4.69, 9.17) is 27.9 Å². The molecule has 1 aromatic heterocycles. The van der Waals surface area contributed by atoms with Gasteiger partial charge in [0.25, 0.3) is 23.6 Å². The third-order valence-corrected chi connectivity index (χ3v) is 12.1. The molecule has 3 fully saturated rings. The first-order chi connectivity index (χ1) is 27.6. The Morgan fingerprint density at radius 3 is 2.33 bits per heavy atom. The largest absolute Gasteiger partial charge is 0.504 e. The Morgan fingerprint density at radius 1 is 0.948 bits per heavy atom. The summed E-state index contributed by atoms with van der Waals surface area (Å²) in [6.45, 7) is 1.91. The Balaban J connectivity index is 1.30. The standard InChI is InChI=1S/C41H33Cl2F4N5O6/c1-3-58-30-6-4-5-26(34(30)53)33-24-15-16-25-32(38(56)52(36(25)54)50(2)35-29(43)17-18-31(48-35)41(45,46)47)27(24)19-28-37(55)51(49-23-13-11-22(44)12-14-23)39(57)40(28,33)20-7-9-21(42)10-8-20/h4-15,17-18,25,27-28,32-33,49,53H,3,16,19H2,1-2H3. The monoisotopic (exact) mass is 837 g/mol. The zero-order valence-corrected chi connectivity index (χ0v) is 32.1. The lowest BCUT2D eigenvalue weighted by molar-refractivity contribution is -0.142. The molecule has 2 aliphatic carbocycles. The highest BCUT2D eigenvalue weighted by molar-refractivity contribution is 6.33. The summed E-state index contributed by atoms with van der Waals surface area (Å²) in [6.07, 6.45) is -3.27. The number of hydrogen-bond donors (Lipinski definition) is 2. The summed E-state index contributed by atoms with van der Waals surface area (Å²) < 4.78 is 60.8. The van der Waals surface area contributed by atoms with Crippen molar-refractivity contribution in [1.29, 1.82) is 0 Å². The maximum absolute atomic E-state index is 15.3. The molecule has 0 radical (unpaired) electrons. The van der Waals surface area contributed by atoms with E-state index < -0.39 is 82.1 Å². The number of anilines is 2. The third kappa shape index (κ3) is 5.96. The average molecular weight is 839 g/mol. The molecule has 58 heavy (non-hydrogen) atoms. The van der Waals surface area contributed by atoms with Gasteiger partial charge >= 0.3 is 6.18 Å². The Bertz CT molecular complexity index is 2400. The molecule has 2 N–H and O–H groups in total. The molecule has 17 heteroatoms. The van der Waals surface area contributed by atoms with Crippen molar-refractivity contribution >= 4 is 58.3 Å². The van der Waals surface area contributed by atoms with Crippen LogP contribution in [-0.4, -0.2) is 57.4 Å². The average Bonchev–Trinajstić information content (AvgIpc) is 3.57. The number of hydrazine groups is 2. The van der Waals surface area contributed by atoms with Gasteiger partial charge in [-0.15, -0.1) is 0 Å². The van der Waals surface area contributed by atoms with Crippen LogP contribution in [0.2, 0.25) is 10.0 Å². The minimum absolute atomic E-state index is 0.0291. The fourth-order valence-corrected chi connectivity index (χ4v) is 9.59. The van der Waals surface area contributed by atoms with Crippen molar-refractivity contribution in [3.05, 3.63) is 123 Å². The number of aromatic hydroxyl groups is 1. The Labute approximate surface area is 338 Å². The zero-order chi connectivity index (χ0) is 41.4. The van der Waals surface area contributed by atoms with Crippen LogP contribution in [0, 0.1) is 29.5 Å². The Hall–Kier alpha value is -5.67. The fraction of sp³-hybridized carbons (Fsp3) is 0.293. The molecule has 2 saturated heterocycles. The molecule has 3 aromatic carbocycles. The molecular formula is C41H33Cl2F4N5O6. The summed E-state index contributed by atoms with van der Waals surface area (Å²) in [5.41, 5.74) is 1.06. The van der Waals surface area contributed by atoms with Gasteiger partial charge in [0.05, 0.1) is 40.5 Å². The molecule has 0 spiro atoms. The van der Waals surface area contributed by atoms with Gasteiger partial charge in [0, 0.05) is 23.6 Å². The van der Waals surface area contributed by atoms with Gasteiger partial charge in [0.15, 0.2) is 17.3 Å². The van der Waals surface area contributed by atoms with Crippen molar-refractivity contribution < 1.29 is 46.6 Å². The molecule has 1 saturated carbocycles. The predicted molar refractivity (Wildman–Crippen MR) is 203 cm³/mol. The number of fused-ring (bicyclic) bond motifs is 4. The molecule has 8 rings (SSSR count). The number of hydrogen-bond acceptors (Lipinski definition) is 9. The van der Waals surface area contributed by atoms with Crippen LogP contribution in [0.1, 0.15) is 42.5 Å². The molecule has 11 nitrogen and oxygen atoms in total. The number of imide groups is 2. The fourth-order valence-electron chi connectivity index (χ4n) is 9.23. The van der Waals surface area contributed by atoms with Crippen LogP contribution in [0.25, 0.3) is 0 Å². The highest BCUT2D eigenvalue weighted by Gasteiger charge is 2.71. The van der Waals surface area contributed by atoms with Gasteiger partial charge < -0.3 is 9.84 Å². The van der Waals surface area contributed by atoms with Crippen LogP contribution in [0.3, 0.4) is 0 Å². The van der Waals surface area contributed by atoms with Crippen molar-refractivity contribution in [2.75, 3.05) is 24.1 Å². The first kappa shape index (κ1) is 39.2. The number of rotatable bonds is 8. The van der Waals surface area contributed by atoms with Crippen LogP contribution >= 0.6 is 23.2 Å². The van der Waals surface area contributed by atoms with Crippen molar-refractivity contribution in [3.63, 3.8) is 0 Å². The zero-order valence-electron chi connectivity index (χ0n) is 30.6. The van der Waals surface area contributed by atoms with Crippen LogP contribution in [0.5, 0.6) is 11.5 Å². The van der Waals surface area contributed by atoms with Crippen LogP contribution in [0.4, 0.5) is 29.1 Å². The second-order valence-corrected chi connectivity index (χ2v) is 15.4. The molecule has 4 amide bonds. The first-order valence-corrected chi connectivity index (χ1v) is 19.0. The van der Waals surface area contributed by atoms with Crippen LogP contribution < -0.4 is 15.2 Å². The normalized spacial score (nSPS) is 25.3. The molecule has 3 heterocycles. The SMILES string of the molecule is CCOc1cccc(C2C3=CCC4C(=O)N(N(C)c5nc(C(F)(F)F)ccc5Cl)C(=O)C4C3CC3C(=O)N(Nc4ccc(F)cc4)C(=O)C32c2ccc(Cl)cc2)c1O. The number of para-hydroxylation sites is 1. The number of carbonyl (C=O) groups excluding carboxylic acids is 4. The van der Waals surface area contributed by atoms with E-state index in [1.54, 1.807) is 55.5 Å². The van der Waals surface area contributed by atoms with E-state index in [9.17, 15) is 37.1 Å². The molecule has 6 atom stereocenters. The quantitative estimate of drug-likeness (QED) is 0.104. The number of allylic oxidation sites excluding steroid dienone is 2. The number of aromatic nitrogens is 1. The summed E-state index contributed by atoms with van der Waals surface area (Å²) in [7, 11) is 1.21. The lowest BCUT2D eigenvalue weighted by Gasteiger charge is -2.50. The molecule has 0 bridgehead atoms. The number of alkyl halides is 3. The van der Waals surface area contributed by atoms with Crippen LogP contribution in [0.15, 0.2) is 90.5 Å². The summed E-state index contributed by atoms with van der Waals surface area (Å²) in [5, 5.41) is 14.5. The number of nitrogens with one attached hydrogen (secondary N) is 1. The number of phenolic OH excluding ortho intramolecular Hbond substituents is 1. The number of benzene rings is 3. The van der Waals surface area contributed by atoms with Crippen molar-refractivity contribution in [2.24, 2.45) is 23.7 Å². The molecule has 300 valence electrons. The predicted octanol–water partition coefficient (Wildman–Crippen LogP) is 7.69. The number of phenols is 1. The Kier molecular flexibility index (Phi) is 9.66. The van der Waals surface area contributed by atoms with E-state index in [-0.39, 0.29) is 47.2 Å².